The largest absolute Gasteiger partial charge is 0.398 e. The van der Waals surface area contributed by atoms with Crippen LogP contribution in [0.2, 0.25) is 0 Å². The molecular formula is C18H22N4. The van der Waals surface area contributed by atoms with E-state index in [4.69, 9.17) is 11.5 Å². The number of nitrogens with zero attached hydrogens (tertiary/aromatic N) is 2. The SMILES string of the molecule is CC/C(=N/N=C(/CC)c1ccccc1N)c1ccccc1N. The van der Waals surface area contributed by atoms with Gasteiger partial charge in [-0.15, -0.1) is 0 Å². The monoisotopic (exact) mass is 294 g/mol. The van der Waals surface area contributed by atoms with Gasteiger partial charge in [0.2, 0.25) is 0 Å². The van der Waals surface area contributed by atoms with Crippen molar-refractivity contribution in [3.63, 3.8) is 0 Å². The minimum atomic E-state index is 0.718. The van der Waals surface area contributed by atoms with E-state index in [-0.39, 0.29) is 0 Å². The zero-order valence-corrected chi connectivity index (χ0v) is 13.1. The number of nitrogens with two attached hydrogens (primary N) is 2. The van der Waals surface area contributed by atoms with Crippen LogP contribution in [0, 0.1) is 0 Å². The van der Waals surface area contributed by atoms with Gasteiger partial charge in [-0.25, -0.2) is 0 Å². The maximum absolute atomic E-state index is 6.02. The van der Waals surface area contributed by atoms with Crippen molar-refractivity contribution < 1.29 is 0 Å². The molecule has 0 aliphatic heterocycles. The lowest BCUT2D eigenvalue weighted by Crippen LogP contribution is -2.06. The second kappa shape index (κ2) is 7.41. The summed E-state index contributed by atoms with van der Waals surface area (Å²) >= 11 is 0. The molecule has 0 atom stereocenters. The number of hydrogen-bond donors (Lipinski definition) is 2. The summed E-state index contributed by atoms with van der Waals surface area (Å²) in [7, 11) is 0. The fraction of sp³-hybridized carbons (Fsp3) is 0.222. The van der Waals surface area contributed by atoms with Gasteiger partial charge in [0.05, 0.1) is 11.4 Å². The van der Waals surface area contributed by atoms with Crippen LogP contribution >= 0.6 is 0 Å². The zero-order valence-electron chi connectivity index (χ0n) is 13.1. The van der Waals surface area contributed by atoms with Gasteiger partial charge in [-0.05, 0) is 25.0 Å². The molecule has 0 aliphatic carbocycles. The van der Waals surface area contributed by atoms with Crippen molar-refractivity contribution in [3.05, 3.63) is 59.7 Å². The molecule has 114 valence electrons. The molecule has 0 radical (unpaired) electrons. The Morgan fingerprint density at radius 1 is 0.727 bits per heavy atom. The van der Waals surface area contributed by atoms with Gasteiger partial charge in [-0.3, -0.25) is 0 Å². The Morgan fingerprint density at radius 2 is 1.09 bits per heavy atom. The van der Waals surface area contributed by atoms with Gasteiger partial charge in [0.15, 0.2) is 0 Å². The third-order valence-corrected chi connectivity index (χ3v) is 3.50. The first-order chi connectivity index (χ1) is 10.7. The van der Waals surface area contributed by atoms with Gasteiger partial charge >= 0.3 is 0 Å². The Balaban J connectivity index is 2.41. The van der Waals surface area contributed by atoms with Gasteiger partial charge in [-0.1, -0.05) is 50.2 Å². The van der Waals surface area contributed by atoms with E-state index in [0.29, 0.717) is 0 Å². The smallest absolute Gasteiger partial charge is 0.0720 e. The number of rotatable bonds is 5. The molecule has 0 spiro atoms. The summed E-state index contributed by atoms with van der Waals surface area (Å²) < 4.78 is 0. The summed E-state index contributed by atoms with van der Waals surface area (Å²) in [5, 5.41) is 8.86. The molecule has 0 aliphatic rings. The van der Waals surface area contributed by atoms with Crippen LogP contribution in [0.1, 0.15) is 37.8 Å². The summed E-state index contributed by atoms with van der Waals surface area (Å²) in [5.41, 5.74) is 17.1. The van der Waals surface area contributed by atoms with E-state index in [1.807, 2.05) is 62.4 Å². The van der Waals surface area contributed by atoms with Crippen molar-refractivity contribution in [2.75, 3.05) is 11.5 Å². The predicted octanol–water partition coefficient (Wildman–Crippen LogP) is 3.86. The van der Waals surface area contributed by atoms with Crippen LogP contribution in [0.25, 0.3) is 0 Å². The molecule has 4 N–H and O–H groups in total. The molecule has 0 saturated heterocycles. The van der Waals surface area contributed by atoms with E-state index < -0.39 is 0 Å². The quantitative estimate of drug-likeness (QED) is 0.499. The molecular weight excluding hydrogens is 272 g/mol. The van der Waals surface area contributed by atoms with Gasteiger partial charge in [0.1, 0.15) is 0 Å². The van der Waals surface area contributed by atoms with E-state index in [2.05, 4.69) is 10.2 Å². The van der Waals surface area contributed by atoms with Crippen LogP contribution in [0.4, 0.5) is 11.4 Å². The van der Waals surface area contributed by atoms with Crippen LogP contribution < -0.4 is 11.5 Å². The maximum Gasteiger partial charge on any atom is 0.0720 e. The fourth-order valence-electron chi connectivity index (χ4n) is 2.27. The molecule has 2 aromatic rings. The summed E-state index contributed by atoms with van der Waals surface area (Å²) in [6.45, 7) is 4.09. The third kappa shape index (κ3) is 3.52. The van der Waals surface area contributed by atoms with Crippen molar-refractivity contribution in [2.45, 2.75) is 26.7 Å². The van der Waals surface area contributed by atoms with Crippen molar-refractivity contribution in [1.29, 1.82) is 0 Å². The van der Waals surface area contributed by atoms with Crippen molar-refractivity contribution >= 4 is 22.8 Å². The second-order valence-corrected chi connectivity index (χ2v) is 4.97. The zero-order chi connectivity index (χ0) is 15.9. The lowest BCUT2D eigenvalue weighted by molar-refractivity contribution is 1.14. The normalized spacial score (nSPS) is 12.5. The van der Waals surface area contributed by atoms with Crippen LogP contribution in [0.5, 0.6) is 0 Å². The first kappa shape index (κ1) is 15.8. The third-order valence-electron chi connectivity index (χ3n) is 3.50. The molecule has 0 aromatic heterocycles. The molecule has 4 nitrogen and oxygen atoms in total. The minimum absolute atomic E-state index is 0.718. The summed E-state index contributed by atoms with van der Waals surface area (Å²) in [5.74, 6) is 0. The average Bonchev–Trinajstić information content (AvgIpc) is 2.54. The Kier molecular flexibility index (Phi) is 5.31. The number of para-hydroxylation sites is 2. The van der Waals surface area contributed by atoms with Crippen LogP contribution in [0.15, 0.2) is 58.7 Å². The summed E-state index contributed by atoms with van der Waals surface area (Å²) in [6, 6.07) is 15.4. The Labute approximate surface area is 131 Å². The number of hydrogen-bond acceptors (Lipinski definition) is 4. The highest BCUT2D eigenvalue weighted by atomic mass is 15.2. The van der Waals surface area contributed by atoms with Gasteiger partial charge in [0.25, 0.3) is 0 Å². The topological polar surface area (TPSA) is 76.8 Å². The average molecular weight is 294 g/mol. The molecule has 4 heteroatoms. The number of anilines is 2. The van der Waals surface area contributed by atoms with E-state index in [9.17, 15) is 0 Å². The molecule has 2 rings (SSSR count). The van der Waals surface area contributed by atoms with Crippen LogP contribution in [0.3, 0.4) is 0 Å². The van der Waals surface area contributed by atoms with Gasteiger partial charge < -0.3 is 11.5 Å². The highest BCUT2D eigenvalue weighted by Crippen LogP contribution is 2.16. The highest BCUT2D eigenvalue weighted by molar-refractivity contribution is 6.07. The lowest BCUT2D eigenvalue weighted by atomic mass is 10.1. The van der Waals surface area contributed by atoms with Crippen LogP contribution in [-0.4, -0.2) is 11.4 Å². The summed E-state index contributed by atoms with van der Waals surface area (Å²) in [4.78, 5) is 0. The van der Waals surface area contributed by atoms with E-state index in [0.717, 1.165) is 46.8 Å². The molecule has 0 heterocycles. The molecule has 0 bridgehead atoms. The molecule has 22 heavy (non-hydrogen) atoms. The molecule has 0 saturated carbocycles. The van der Waals surface area contributed by atoms with E-state index in [1.54, 1.807) is 0 Å². The van der Waals surface area contributed by atoms with E-state index >= 15 is 0 Å². The van der Waals surface area contributed by atoms with Crippen LogP contribution in [-0.2, 0) is 0 Å². The predicted molar refractivity (Wildman–Crippen MR) is 95.4 cm³/mol. The highest BCUT2D eigenvalue weighted by Gasteiger charge is 2.07. The first-order valence-corrected chi connectivity index (χ1v) is 7.50. The van der Waals surface area contributed by atoms with E-state index in [1.165, 1.54) is 0 Å². The van der Waals surface area contributed by atoms with Gasteiger partial charge in [0, 0.05) is 22.5 Å². The van der Waals surface area contributed by atoms with Crippen molar-refractivity contribution in [3.8, 4) is 0 Å². The van der Waals surface area contributed by atoms with Crippen molar-refractivity contribution in [2.24, 2.45) is 10.2 Å². The minimum Gasteiger partial charge on any atom is -0.398 e. The standard InChI is InChI=1S/C18H22N4/c1-3-17(13-9-5-7-11-15(13)19)21-22-18(4-2)14-10-6-8-12-16(14)20/h5-12H,3-4,19-20H2,1-2H3/b21-17-,22-18-. The molecule has 2 aromatic carbocycles. The maximum atomic E-state index is 6.02. The molecule has 0 fully saturated rings. The molecule has 0 unspecified atom stereocenters. The fourth-order valence-corrected chi connectivity index (χ4v) is 2.27. The lowest BCUT2D eigenvalue weighted by Gasteiger charge is -2.08. The Morgan fingerprint density at radius 3 is 1.41 bits per heavy atom. The number of benzene rings is 2. The summed E-state index contributed by atoms with van der Waals surface area (Å²) in [6.07, 6.45) is 1.53. The Hall–Kier alpha value is -2.62. The molecule has 0 amide bonds. The Bertz CT molecular complexity index is 640. The second-order valence-electron chi connectivity index (χ2n) is 4.97. The van der Waals surface area contributed by atoms with Crippen molar-refractivity contribution in [1.82, 2.24) is 0 Å². The first-order valence-electron chi connectivity index (χ1n) is 7.50. The van der Waals surface area contributed by atoms with Gasteiger partial charge in [-0.2, -0.15) is 10.2 Å². The number of nitrogen functional groups attached to an aromatic ring is 2.